The first-order valence-corrected chi connectivity index (χ1v) is 6.19. The van der Waals surface area contributed by atoms with E-state index in [-0.39, 0.29) is 10.2 Å². The second-order valence-electron chi connectivity index (χ2n) is 4.13. The van der Waals surface area contributed by atoms with E-state index in [1.165, 1.54) is 12.1 Å². The summed E-state index contributed by atoms with van der Waals surface area (Å²) in [5.41, 5.74) is -0.710. The molecule has 0 radical (unpaired) electrons. The number of halogens is 4. The molecule has 7 heteroatoms. The van der Waals surface area contributed by atoms with E-state index in [2.05, 4.69) is 9.97 Å². The number of nitrogens with zero attached hydrogens (tertiary/aromatic N) is 1. The maximum absolute atomic E-state index is 13.2. The molecule has 0 fully saturated rings. The van der Waals surface area contributed by atoms with Crippen LogP contribution < -0.4 is 0 Å². The number of H-pyrrole nitrogens is 1. The number of hydrogen-bond acceptors (Lipinski definition) is 2. The van der Waals surface area contributed by atoms with Crippen LogP contribution in [0.3, 0.4) is 0 Å². The lowest BCUT2D eigenvalue weighted by Gasteiger charge is -2.11. The SMILES string of the molecule is CCc1nc(=S)cc(-c2ccc(F)c(C(F)(F)F)c2)[nH]1. The predicted octanol–water partition coefficient (Wildman–Crippen LogP) is 4.53. The molecule has 1 N–H and O–H groups in total. The average Bonchev–Trinajstić information content (AvgIpc) is 2.37. The molecule has 2 aromatic rings. The Balaban J connectivity index is 2.59. The Morgan fingerprint density at radius 2 is 1.95 bits per heavy atom. The van der Waals surface area contributed by atoms with Crippen LogP contribution in [0.15, 0.2) is 24.3 Å². The van der Waals surface area contributed by atoms with E-state index in [1.54, 1.807) is 0 Å². The number of aryl methyl sites for hydroxylation is 1. The second-order valence-corrected chi connectivity index (χ2v) is 4.54. The molecule has 0 aliphatic carbocycles. The molecule has 0 atom stereocenters. The van der Waals surface area contributed by atoms with Gasteiger partial charge in [-0.3, -0.25) is 0 Å². The van der Waals surface area contributed by atoms with Gasteiger partial charge in [-0.2, -0.15) is 13.2 Å². The van der Waals surface area contributed by atoms with E-state index in [4.69, 9.17) is 12.2 Å². The molecule has 1 aromatic heterocycles. The van der Waals surface area contributed by atoms with Crippen molar-refractivity contribution in [2.45, 2.75) is 19.5 Å². The molecule has 0 aliphatic heterocycles. The van der Waals surface area contributed by atoms with Gasteiger partial charge in [0, 0.05) is 12.1 Å². The summed E-state index contributed by atoms with van der Waals surface area (Å²) >= 11 is 4.96. The van der Waals surface area contributed by atoms with Gasteiger partial charge in [-0.05, 0) is 29.8 Å². The van der Waals surface area contributed by atoms with Gasteiger partial charge in [0.2, 0.25) is 0 Å². The van der Waals surface area contributed by atoms with Gasteiger partial charge in [0.1, 0.15) is 16.3 Å². The molecule has 0 bridgehead atoms. The third kappa shape index (κ3) is 3.04. The van der Waals surface area contributed by atoms with Crippen molar-refractivity contribution in [3.63, 3.8) is 0 Å². The van der Waals surface area contributed by atoms with Crippen molar-refractivity contribution in [2.24, 2.45) is 0 Å². The first kappa shape index (κ1) is 14.6. The van der Waals surface area contributed by atoms with E-state index in [1.807, 2.05) is 6.92 Å². The van der Waals surface area contributed by atoms with Gasteiger partial charge in [-0.15, -0.1) is 0 Å². The fourth-order valence-electron chi connectivity index (χ4n) is 1.74. The Labute approximate surface area is 117 Å². The summed E-state index contributed by atoms with van der Waals surface area (Å²) in [6.45, 7) is 1.84. The largest absolute Gasteiger partial charge is 0.419 e. The van der Waals surface area contributed by atoms with Crippen LogP contribution in [-0.2, 0) is 12.6 Å². The van der Waals surface area contributed by atoms with E-state index in [9.17, 15) is 17.6 Å². The Bertz CT molecular complexity index is 692. The summed E-state index contributed by atoms with van der Waals surface area (Å²) in [6, 6.07) is 4.27. The van der Waals surface area contributed by atoms with E-state index < -0.39 is 17.6 Å². The smallest absolute Gasteiger partial charge is 0.343 e. The zero-order valence-electron chi connectivity index (χ0n) is 10.4. The van der Waals surface area contributed by atoms with Gasteiger partial charge in [-0.1, -0.05) is 19.1 Å². The number of aromatic nitrogens is 2. The highest BCUT2D eigenvalue weighted by atomic mass is 32.1. The normalized spacial score (nSPS) is 11.7. The van der Waals surface area contributed by atoms with Crippen molar-refractivity contribution >= 4 is 12.2 Å². The van der Waals surface area contributed by atoms with Gasteiger partial charge >= 0.3 is 6.18 Å². The highest BCUT2D eigenvalue weighted by molar-refractivity contribution is 7.71. The molecule has 1 aromatic carbocycles. The van der Waals surface area contributed by atoms with E-state index >= 15 is 0 Å². The number of alkyl halides is 3. The molecule has 0 saturated carbocycles. The molecule has 20 heavy (non-hydrogen) atoms. The van der Waals surface area contributed by atoms with Crippen LogP contribution in [0.4, 0.5) is 17.6 Å². The Morgan fingerprint density at radius 1 is 1.25 bits per heavy atom. The average molecular weight is 302 g/mol. The van der Waals surface area contributed by atoms with Crippen molar-refractivity contribution in [3.05, 3.63) is 46.1 Å². The summed E-state index contributed by atoms with van der Waals surface area (Å²) < 4.78 is 51.6. The summed E-state index contributed by atoms with van der Waals surface area (Å²) in [5.74, 6) is -0.741. The molecular weight excluding hydrogens is 292 g/mol. The van der Waals surface area contributed by atoms with Crippen LogP contribution in [0.2, 0.25) is 0 Å². The van der Waals surface area contributed by atoms with Crippen molar-refractivity contribution in [1.29, 1.82) is 0 Å². The van der Waals surface area contributed by atoms with Gasteiger partial charge in [0.05, 0.1) is 5.56 Å². The molecule has 106 valence electrons. The number of rotatable bonds is 2. The van der Waals surface area contributed by atoms with Crippen LogP contribution in [0, 0.1) is 10.5 Å². The minimum absolute atomic E-state index is 0.210. The second kappa shape index (κ2) is 5.32. The highest BCUT2D eigenvalue weighted by Crippen LogP contribution is 2.33. The Kier molecular flexibility index (Phi) is 3.89. The summed E-state index contributed by atoms with van der Waals surface area (Å²) in [5, 5.41) is 0. The Hall–Kier alpha value is -1.76. The monoisotopic (exact) mass is 302 g/mol. The number of hydrogen-bond donors (Lipinski definition) is 1. The van der Waals surface area contributed by atoms with Crippen molar-refractivity contribution in [1.82, 2.24) is 9.97 Å². The summed E-state index contributed by atoms with van der Waals surface area (Å²) in [7, 11) is 0. The van der Waals surface area contributed by atoms with Crippen molar-refractivity contribution in [3.8, 4) is 11.3 Å². The lowest BCUT2D eigenvalue weighted by molar-refractivity contribution is -0.139. The van der Waals surface area contributed by atoms with Crippen LogP contribution in [0.1, 0.15) is 18.3 Å². The molecule has 2 rings (SSSR count). The van der Waals surface area contributed by atoms with Crippen LogP contribution >= 0.6 is 12.2 Å². The van der Waals surface area contributed by atoms with Gasteiger partial charge < -0.3 is 4.98 Å². The Morgan fingerprint density at radius 3 is 2.55 bits per heavy atom. The third-order valence-electron chi connectivity index (χ3n) is 2.71. The minimum Gasteiger partial charge on any atom is -0.343 e. The van der Waals surface area contributed by atoms with Gasteiger partial charge in [-0.25, -0.2) is 9.37 Å². The van der Waals surface area contributed by atoms with Gasteiger partial charge in [0.25, 0.3) is 0 Å². The lowest BCUT2D eigenvalue weighted by atomic mass is 10.1. The number of benzene rings is 1. The van der Waals surface area contributed by atoms with Crippen molar-refractivity contribution < 1.29 is 17.6 Å². The maximum Gasteiger partial charge on any atom is 0.419 e. The van der Waals surface area contributed by atoms with E-state index in [0.29, 0.717) is 17.9 Å². The fourth-order valence-corrected chi connectivity index (χ4v) is 1.97. The molecular formula is C13H10F4N2S. The lowest BCUT2D eigenvalue weighted by Crippen LogP contribution is -2.08. The summed E-state index contributed by atoms with van der Waals surface area (Å²) in [6.07, 6.45) is -4.18. The van der Waals surface area contributed by atoms with Crippen LogP contribution in [-0.4, -0.2) is 9.97 Å². The zero-order chi connectivity index (χ0) is 14.9. The molecule has 0 amide bonds. The zero-order valence-corrected chi connectivity index (χ0v) is 11.2. The summed E-state index contributed by atoms with van der Waals surface area (Å²) in [4.78, 5) is 6.91. The standard InChI is InChI=1S/C13H10F4N2S/c1-2-11-18-10(6-12(20)19-11)7-3-4-9(14)8(5-7)13(15,16)17/h3-6H,2H2,1H3,(H,18,19,20). The molecule has 0 unspecified atom stereocenters. The first-order chi connectivity index (χ1) is 9.31. The minimum atomic E-state index is -4.74. The van der Waals surface area contributed by atoms with E-state index in [0.717, 1.165) is 12.1 Å². The quantitative estimate of drug-likeness (QED) is 0.652. The molecule has 0 spiro atoms. The first-order valence-electron chi connectivity index (χ1n) is 5.78. The van der Waals surface area contributed by atoms with Gasteiger partial charge in [0.15, 0.2) is 0 Å². The predicted molar refractivity (Wildman–Crippen MR) is 69.2 cm³/mol. The van der Waals surface area contributed by atoms with Crippen molar-refractivity contribution in [2.75, 3.05) is 0 Å². The molecule has 2 nitrogen and oxygen atoms in total. The fraction of sp³-hybridized carbons (Fsp3) is 0.231. The van der Waals surface area contributed by atoms with Crippen LogP contribution in [0.5, 0.6) is 0 Å². The van der Waals surface area contributed by atoms with Crippen LogP contribution in [0.25, 0.3) is 11.3 Å². The molecule has 0 saturated heterocycles. The number of nitrogens with one attached hydrogen (secondary N) is 1. The third-order valence-corrected chi connectivity index (χ3v) is 2.92. The molecule has 0 aliphatic rings. The highest BCUT2D eigenvalue weighted by Gasteiger charge is 2.34. The topological polar surface area (TPSA) is 28.7 Å². The number of aromatic amines is 1. The maximum atomic E-state index is 13.2. The molecule has 1 heterocycles.